The Bertz CT molecular complexity index is 766. The van der Waals surface area contributed by atoms with Crippen molar-refractivity contribution in [2.45, 2.75) is 6.92 Å². The molecule has 0 atom stereocenters. The van der Waals surface area contributed by atoms with Crippen LogP contribution in [-0.4, -0.2) is 10.8 Å². The summed E-state index contributed by atoms with van der Waals surface area (Å²) in [4.78, 5) is 16.2. The highest BCUT2D eigenvalue weighted by Gasteiger charge is 2.12. The van der Waals surface area contributed by atoms with Crippen LogP contribution in [0.25, 0.3) is 10.9 Å². The third-order valence-corrected chi connectivity index (χ3v) is 3.20. The van der Waals surface area contributed by atoms with Crippen LogP contribution >= 0.6 is 0 Å². The molecule has 0 aliphatic heterocycles. The fraction of sp³-hybridized carbons (Fsp3) is 0.0588. The van der Waals surface area contributed by atoms with Crippen LogP contribution in [0.3, 0.4) is 0 Å². The van der Waals surface area contributed by atoms with Crippen molar-refractivity contribution in [2.24, 2.45) is 0 Å². The molecule has 0 saturated heterocycles. The van der Waals surface area contributed by atoms with Gasteiger partial charge in [-0.3, -0.25) is 9.78 Å². The molecule has 3 rings (SSSR count). The van der Waals surface area contributed by atoms with Gasteiger partial charge in [0.15, 0.2) is 5.78 Å². The number of rotatable bonds is 3. The molecule has 0 unspecified atom stereocenters. The van der Waals surface area contributed by atoms with E-state index in [4.69, 9.17) is 0 Å². The van der Waals surface area contributed by atoms with Crippen LogP contribution in [0.4, 0.5) is 11.4 Å². The predicted molar refractivity (Wildman–Crippen MR) is 81.5 cm³/mol. The summed E-state index contributed by atoms with van der Waals surface area (Å²) in [6, 6.07) is 17.6. The second-order valence-corrected chi connectivity index (χ2v) is 4.61. The molecule has 0 spiro atoms. The van der Waals surface area contributed by atoms with E-state index in [1.54, 1.807) is 13.1 Å². The first-order valence-corrected chi connectivity index (χ1v) is 6.46. The predicted octanol–water partition coefficient (Wildman–Crippen LogP) is 4.18. The molecule has 0 aliphatic rings. The number of nitrogens with one attached hydrogen (secondary N) is 1. The third kappa shape index (κ3) is 2.26. The second-order valence-electron chi connectivity index (χ2n) is 4.61. The standard InChI is InChI=1S/C17H14N2O/c1-12(20)15-11-18-16-10-6-5-9-14(16)17(15)19-13-7-3-2-4-8-13/h2-11H,1H3,(H,18,19). The summed E-state index contributed by atoms with van der Waals surface area (Å²) in [7, 11) is 0. The summed E-state index contributed by atoms with van der Waals surface area (Å²) >= 11 is 0. The molecule has 3 heteroatoms. The normalized spacial score (nSPS) is 10.4. The third-order valence-electron chi connectivity index (χ3n) is 3.20. The molecule has 2 aromatic carbocycles. The van der Waals surface area contributed by atoms with E-state index >= 15 is 0 Å². The molecule has 0 amide bonds. The minimum Gasteiger partial charge on any atom is -0.354 e. The highest BCUT2D eigenvalue weighted by Crippen LogP contribution is 2.29. The zero-order valence-electron chi connectivity index (χ0n) is 11.1. The molecule has 0 saturated carbocycles. The van der Waals surface area contributed by atoms with Crippen molar-refractivity contribution < 1.29 is 4.79 Å². The molecular weight excluding hydrogens is 248 g/mol. The van der Waals surface area contributed by atoms with Gasteiger partial charge in [-0.2, -0.15) is 0 Å². The Morgan fingerprint density at radius 3 is 2.45 bits per heavy atom. The number of hydrogen-bond acceptors (Lipinski definition) is 3. The maximum Gasteiger partial charge on any atom is 0.163 e. The number of carbonyl (C=O) groups is 1. The highest BCUT2D eigenvalue weighted by atomic mass is 16.1. The topological polar surface area (TPSA) is 42.0 Å². The lowest BCUT2D eigenvalue weighted by Crippen LogP contribution is -2.02. The van der Waals surface area contributed by atoms with Gasteiger partial charge in [-0.05, 0) is 25.1 Å². The first-order chi connectivity index (χ1) is 9.75. The Kier molecular flexibility index (Phi) is 3.17. The number of nitrogens with zero attached hydrogens (tertiary/aromatic N) is 1. The van der Waals surface area contributed by atoms with Crippen LogP contribution in [0.15, 0.2) is 60.8 Å². The lowest BCUT2D eigenvalue weighted by molar-refractivity contribution is 0.101. The number of aromatic nitrogens is 1. The molecule has 0 fully saturated rings. The number of benzene rings is 2. The zero-order chi connectivity index (χ0) is 13.9. The van der Waals surface area contributed by atoms with Gasteiger partial charge in [0.05, 0.1) is 16.8 Å². The first-order valence-electron chi connectivity index (χ1n) is 6.46. The average molecular weight is 262 g/mol. The first kappa shape index (κ1) is 12.4. The van der Waals surface area contributed by atoms with E-state index in [-0.39, 0.29) is 5.78 Å². The number of hydrogen-bond donors (Lipinski definition) is 1. The van der Waals surface area contributed by atoms with Gasteiger partial charge in [-0.15, -0.1) is 0 Å². The molecule has 98 valence electrons. The van der Waals surface area contributed by atoms with Crippen LogP contribution in [0, 0.1) is 0 Å². The van der Waals surface area contributed by atoms with Gasteiger partial charge in [0.1, 0.15) is 0 Å². The van der Waals surface area contributed by atoms with Crippen molar-refractivity contribution in [1.29, 1.82) is 0 Å². The van der Waals surface area contributed by atoms with E-state index in [0.29, 0.717) is 5.56 Å². The minimum absolute atomic E-state index is 0.00156. The Morgan fingerprint density at radius 1 is 1.00 bits per heavy atom. The lowest BCUT2D eigenvalue weighted by atomic mass is 10.1. The van der Waals surface area contributed by atoms with Crippen LogP contribution < -0.4 is 5.32 Å². The molecule has 0 aliphatic carbocycles. The van der Waals surface area contributed by atoms with E-state index in [2.05, 4.69) is 10.3 Å². The summed E-state index contributed by atoms with van der Waals surface area (Å²) < 4.78 is 0. The lowest BCUT2D eigenvalue weighted by Gasteiger charge is -2.13. The summed E-state index contributed by atoms with van der Waals surface area (Å²) in [6.45, 7) is 1.56. The molecule has 0 bridgehead atoms. The summed E-state index contributed by atoms with van der Waals surface area (Å²) in [5.41, 5.74) is 3.24. The molecular formula is C17H14N2O. The quantitative estimate of drug-likeness (QED) is 0.720. The molecule has 1 heterocycles. The van der Waals surface area contributed by atoms with Gasteiger partial charge < -0.3 is 5.32 Å². The van der Waals surface area contributed by atoms with E-state index in [1.165, 1.54) is 0 Å². The molecule has 1 aromatic heterocycles. The van der Waals surface area contributed by atoms with Crippen molar-refractivity contribution in [2.75, 3.05) is 5.32 Å². The second kappa shape index (κ2) is 5.13. The summed E-state index contributed by atoms with van der Waals surface area (Å²) in [5.74, 6) is 0.00156. The number of Topliss-reactive ketones (excluding diaryl/α,β-unsaturated/α-hetero) is 1. The molecule has 20 heavy (non-hydrogen) atoms. The number of para-hydroxylation sites is 2. The summed E-state index contributed by atoms with van der Waals surface area (Å²) in [5, 5.41) is 4.28. The SMILES string of the molecule is CC(=O)c1cnc2ccccc2c1Nc1ccccc1. The van der Waals surface area contributed by atoms with E-state index in [1.807, 2.05) is 54.6 Å². The van der Waals surface area contributed by atoms with Gasteiger partial charge in [0.25, 0.3) is 0 Å². The average Bonchev–Trinajstić information content (AvgIpc) is 2.48. The minimum atomic E-state index is 0.00156. The van der Waals surface area contributed by atoms with Crippen LogP contribution in [0.5, 0.6) is 0 Å². The number of ketones is 1. The monoisotopic (exact) mass is 262 g/mol. The Balaban J connectivity index is 2.20. The number of fused-ring (bicyclic) bond motifs is 1. The van der Waals surface area contributed by atoms with E-state index in [9.17, 15) is 4.79 Å². The van der Waals surface area contributed by atoms with Crippen LogP contribution in [-0.2, 0) is 0 Å². The number of anilines is 2. The maximum atomic E-state index is 11.8. The largest absolute Gasteiger partial charge is 0.354 e. The van der Waals surface area contributed by atoms with E-state index < -0.39 is 0 Å². The molecule has 0 radical (unpaired) electrons. The zero-order valence-corrected chi connectivity index (χ0v) is 11.1. The van der Waals surface area contributed by atoms with Gasteiger partial charge in [0.2, 0.25) is 0 Å². The Hall–Kier alpha value is -2.68. The smallest absolute Gasteiger partial charge is 0.163 e. The van der Waals surface area contributed by atoms with Gasteiger partial charge in [0, 0.05) is 17.3 Å². The van der Waals surface area contributed by atoms with Gasteiger partial charge >= 0.3 is 0 Å². The van der Waals surface area contributed by atoms with Gasteiger partial charge in [-0.1, -0.05) is 36.4 Å². The molecule has 3 nitrogen and oxygen atoms in total. The van der Waals surface area contributed by atoms with Crippen molar-refractivity contribution >= 4 is 28.1 Å². The fourth-order valence-corrected chi connectivity index (χ4v) is 2.21. The van der Waals surface area contributed by atoms with Crippen LogP contribution in [0.1, 0.15) is 17.3 Å². The Labute approximate surface area is 117 Å². The molecule has 1 N–H and O–H groups in total. The van der Waals surface area contributed by atoms with E-state index in [0.717, 1.165) is 22.3 Å². The maximum absolute atomic E-state index is 11.8. The van der Waals surface area contributed by atoms with Crippen molar-refractivity contribution in [1.82, 2.24) is 4.98 Å². The van der Waals surface area contributed by atoms with Crippen LogP contribution in [0.2, 0.25) is 0 Å². The number of carbonyl (C=O) groups excluding carboxylic acids is 1. The van der Waals surface area contributed by atoms with Crippen molar-refractivity contribution in [3.63, 3.8) is 0 Å². The summed E-state index contributed by atoms with van der Waals surface area (Å²) in [6.07, 6.45) is 1.63. The fourth-order valence-electron chi connectivity index (χ4n) is 2.21. The van der Waals surface area contributed by atoms with Crippen molar-refractivity contribution in [3.05, 3.63) is 66.4 Å². The Morgan fingerprint density at radius 2 is 1.70 bits per heavy atom. The molecule has 3 aromatic rings. The number of pyridine rings is 1. The van der Waals surface area contributed by atoms with Gasteiger partial charge in [-0.25, -0.2) is 0 Å². The highest BCUT2D eigenvalue weighted by molar-refractivity contribution is 6.07. The van der Waals surface area contributed by atoms with Crippen molar-refractivity contribution in [3.8, 4) is 0 Å².